The minimum absolute atomic E-state index is 0.0361. The molecule has 19 heavy (non-hydrogen) atoms. The Kier molecular flexibility index (Phi) is 4.91. The van der Waals surface area contributed by atoms with E-state index < -0.39 is 5.97 Å². The van der Waals surface area contributed by atoms with Gasteiger partial charge in [-0.2, -0.15) is 0 Å². The molecule has 0 aliphatic carbocycles. The van der Waals surface area contributed by atoms with Crippen LogP contribution in [0.1, 0.15) is 30.2 Å². The minimum atomic E-state index is -0.609. The number of aryl methyl sites for hydroxylation is 1. The Morgan fingerprint density at radius 3 is 2.63 bits per heavy atom. The summed E-state index contributed by atoms with van der Waals surface area (Å²) in [6.07, 6.45) is 0. The molecule has 106 valence electrons. The van der Waals surface area contributed by atoms with Gasteiger partial charge >= 0.3 is 5.97 Å². The number of hydrogen-bond acceptors (Lipinski definition) is 5. The molecule has 7 heteroatoms. The van der Waals surface area contributed by atoms with E-state index in [0.717, 1.165) is 0 Å². The van der Waals surface area contributed by atoms with Crippen LogP contribution >= 0.6 is 0 Å². The molecule has 0 fully saturated rings. The number of nitrogens with one attached hydrogen (secondary N) is 1. The first kappa shape index (κ1) is 15.0. The normalized spacial score (nSPS) is 10.6. The van der Waals surface area contributed by atoms with E-state index in [0.29, 0.717) is 18.3 Å². The number of carbonyl (C=O) groups excluding carboxylic acids is 2. The Bertz CT molecular complexity index is 480. The van der Waals surface area contributed by atoms with Gasteiger partial charge < -0.3 is 20.4 Å². The number of nitrogens with zero attached hydrogens (tertiary/aromatic N) is 2. The summed E-state index contributed by atoms with van der Waals surface area (Å²) >= 11 is 0. The number of imidazole rings is 1. The number of nitrogen functional groups attached to an aromatic ring is 1. The first-order chi connectivity index (χ1) is 8.86. The van der Waals surface area contributed by atoms with Gasteiger partial charge in [-0.05, 0) is 12.8 Å². The lowest BCUT2D eigenvalue weighted by Crippen LogP contribution is -2.31. The number of hydrogen-bond donors (Lipinski definition) is 2. The monoisotopic (exact) mass is 268 g/mol. The van der Waals surface area contributed by atoms with E-state index in [9.17, 15) is 9.59 Å². The summed E-state index contributed by atoms with van der Waals surface area (Å²) in [4.78, 5) is 27.2. The lowest BCUT2D eigenvalue weighted by molar-refractivity contribution is -0.121. The summed E-state index contributed by atoms with van der Waals surface area (Å²) in [6, 6.07) is 0. The van der Waals surface area contributed by atoms with Gasteiger partial charge in [-0.25, -0.2) is 9.78 Å². The number of rotatable bonds is 5. The Morgan fingerprint density at radius 1 is 1.47 bits per heavy atom. The van der Waals surface area contributed by atoms with E-state index in [-0.39, 0.29) is 24.0 Å². The van der Waals surface area contributed by atoms with E-state index in [1.165, 1.54) is 11.7 Å². The predicted molar refractivity (Wildman–Crippen MR) is 70.6 cm³/mol. The van der Waals surface area contributed by atoms with Gasteiger partial charge in [0.15, 0.2) is 5.69 Å². The molecule has 1 amide bonds. The fraction of sp³-hybridized carbons (Fsp3) is 0.583. The zero-order valence-electron chi connectivity index (χ0n) is 11.7. The van der Waals surface area contributed by atoms with Crippen LogP contribution in [-0.2, 0) is 16.1 Å². The highest BCUT2D eigenvalue weighted by Crippen LogP contribution is 2.14. The number of aromatic nitrogens is 2. The second-order valence-corrected chi connectivity index (χ2v) is 4.67. The molecule has 1 heterocycles. The molecule has 0 aliphatic rings. The van der Waals surface area contributed by atoms with Crippen molar-refractivity contribution < 1.29 is 14.3 Å². The molecule has 7 nitrogen and oxygen atoms in total. The zero-order valence-corrected chi connectivity index (χ0v) is 11.7. The summed E-state index contributed by atoms with van der Waals surface area (Å²) in [5.41, 5.74) is 5.84. The summed E-state index contributed by atoms with van der Waals surface area (Å²) in [5, 5.41) is 2.78. The Hall–Kier alpha value is -2.05. The van der Waals surface area contributed by atoms with Crippen LogP contribution in [0.5, 0.6) is 0 Å². The van der Waals surface area contributed by atoms with Crippen LogP contribution in [0.25, 0.3) is 0 Å². The van der Waals surface area contributed by atoms with Gasteiger partial charge in [0.1, 0.15) is 18.2 Å². The fourth-order valence-corrected chi connectivity index (χ4v) is 1.55. The van der Waals surface area contributed by atoms with Gasteiger partial charge in [-0.15, -0.1) is 0 Å². The van der Waals surface area contributed by atoms with Gasteiger partial charge in [-0.1, -0.05) is 13.8 Å². The largest absolute Gasteiger partial charge is 0.464 e. The SMILES string of the molecule is COC(=O)c1nc(C)n(CC(=O)NCC(C)C)c1N. The summed E-state index contributed by atoms with van der Waals surface area (Å²) in [7, 11) is 1.26. The number of esters is 1. The fourth-order valence-electron chi connectivity index (χ4n) is 1.55. The third kappa shape index (κ3) is 3.70. The molecule has 3 N–H and O–H groups in total. The third-order valence-corrected chi connectivity index (χ3v) is 2.59. The molecule has 0 unspecified atom stereocenters. The van der Waals surface area contributed by atoms with Gasteiger partial charge in [-0.3, -0.25) is 4.79 Å². The van der Waals surface area contributed by atoms with E-state index in [1.54, 1.807) is 6.92 Å². The maximum Gasteiger partial charge on any atom is 0.360 e. The standard InChI is InChI=1S/C12H20N4O3/c1-7(2)5-14-9(17)6-16-8(3)15-10(11(16)13)12(18)19-4/h7H,5-6,13H2,1-4H3,(H,14,17). The van der Waals surface area contributed by atoms with Crippen LogP contribution in [0.15, 0.2) is 0 Å². The molecule has 0 atom stereocenters. The van der Waals surface area contributed by atoms with Crippen molar-refractivity contribution >= 4 is 17.7 Å². The van der Waals surface area contributed by atoms with Crippen molar-refractivity contribution in [2.45, 2.75) is 27.3 Å². The van der Waals surface area contributed by atoms with Crippen molar-refractivity contribution in [1.82, 2.24) is 14.9 Å². The van der Waals surface area contributed by atoms with Crippen molar-refractivity contribution in [3.8, 4) is 0 Å². The van der Waals surface area contributed by atoms with E-state index in [1.807, 2.05) is 13.8 Å². The van der Waals surface area contributed by atoms with Crippen LogP contribution in [0.4, 0.5) is 5.82 Å². The van der Waals surface area contributed by atoms with Crippen LogP contribution < -0.4 is 11.1 Å². The van der Waals surface area contributed by atoms with Crippen molar-refractivity contribution in [3.63, 3.8) is 0 Å². The average molecular weight is 268 g/mol. The summed E-state index contributed by atoms with van der Waals surface area (Å²) in [6.45, 7) is 6.32. The maximum atomic E-state index is 11.7. The Morgan fingerprint density at radius 2 is 2.11 bits per heavy atom. The van der Waals surface area contributed by atoms with E-state index >= 15 is 0 Å². The quantitative estimate of drug-likeness (QED) is 0.750. The number of carbonyl (C=O) groups is 2. The first-order valence-electron chi connectivity index (χ1n) is 6.04. The Labute approximate surface area is 112 Å². The second kappa shape index (κ2) is 6.21. The second-order valence-electron chi connectivity index (χ2n) is 4.67. The molecule has 1 aromatic heterocycles. The number of methoxy groups -OCH3 is 1. The third-order valence-electron chi connectivity index (χ3n) is 2.59. The molecule has 0 bridgehead atoms. The highest BCUT2D eigenvalue weighted by atomic mass is 16.5. The number of anilines is 1. The van der Waals surface area contributed by atoms with Crippen LogP contribution in [0.2, 0.25) is 0 Å². The van der Waals surface area contributed by atoms with Crippen LogP contribution in [-0.4, -0.2) is 35.1 Å². The molecule has 0 saturated carbocycles. The molecular weight excluding hydrogens is 248 g/mol. The predicted octanol–water partition coefficient (Wildman–Crippen LogP) is 0.333. The lowest BCUT2D eigenvalue weighted by Gasteiger charge is -2.10. The highest BCUT2D eigenvalue weighted by molar-refractivity contribution is 5.92. The zero-order chi connectivity index (χ0) is 14.6. The number of ether oxygens (including phenoxy) is 1. The van der Waals surface area contributed by atoms with Gasteiger partial charge in [0.05, 0.1) is 7.11 Å². The van der Waals surface area contributed by atoms with Gasteiger partial charge in [0, 0.05) is 6.54 Å². The highest BCUT2D eigenvalue weighted by Gasteiger charge is 2.20. The van der Waals surface area contributed by atoms with Crippen LogP contribution in [0.3, 0.4) is 0 Å². The summed E-state index contributed by atoms with van der Waals surface area (Å²) < 4.78 is 6.06. The average Bonchev–Trinajstić information content (AvgIpc) is 2.63. The maximum absolute atomic E-state index is 11.7. The van der Waals surface area contributed by atoms with Crippen LogP contribution in [0, 0.1) is 12.8 Å². The first-order valence-corrected chi connectivity index (χ1v) is 6.04. The molecule has 0 spiro atoms. The van der Waals surface area contributed by atoms with Crippen molar-refractivity contribution in [1.29, 1.82) is 0 Å². The van der Waals surface area contributed by atoms with Crippen molar-refractivity contribution in [3.05, 3.63) is 11.5 Å². The topological polar surface area (TPSA) is 99.2 Å². The lowest BCUT2D eigenvalue weighted by atomic mass is 10.2. The van der Waals surface area contributed by atoms with Crippen molar-refractivity contribution in [2.75, 3.05) is 19.4 Å². The van der Waals surface area contributed by atoms with E-state index in [4.69, 9.17) is 5.73 Å². The van der Waals surface area contributed by atoms with E-state index in [2.05, 4.69) is 15.0 Å². The summed E-state index contributed by atoms with van der Waals surface area (Å²) in [5.74, 6) is 0.233. The Balaban J connectivity index is 2.81. The minimum Gasteiger partial charge on any atom is -0.464 e. The number of nitrogens with two attached hydrogens (primary N) is 1. The molecule has 0 aliphatic heterocycles. The molecule has 0 aromatic carbocycles. The molecule has 0 saturated heterocycles. The number of amides is 1. The van der Waals surface area contributed by atoms with Gasteiger partial charge in [0.2, 0.25) is 5.91 Å². The molecular formula is C12H20N4O3. The molecule has 1 aromatic rings. The van der Waals surface area contributed by atoms with Gasteiger partial charge in [0.25, 0.3) is 0 Å². The molecule has 0 radical (unpaired) electrons. The molecule has 1 rings (SSSR count). The van der Waals surface area contributed by atoms with Crippen molar-refractivity contribution in [2.24, 2.45) is 5.92 Å². The smallest absolute Gasteiger partial charge is 0.360 e.